The van der Waals surface area contributed by atoms with Gasteiger partial charge >= 0.3 is 0 Å². The lowest BCUT2D eigenvalue weighted by molar-refractivity contribution is -0.133. The van der Waals surface area contributed by atoms with E-state index in [2.05, 4.69) is 20.7 Å². The normalized spacial score (nSPS) is 21.8. The standard InChI is InChI=1S/C18H30N4O2/c1-20(2)18(23)14-24-10-8-17-13-21(11-15-5-3-4-6-15)12-16-7-9-19-22(16)17/h7,9,15,17H,3-6,8,10-14H2,1-2H3/t17-/m0/s1. The van der Waals surface area contributed by atoms with E-state index in [1.54, 1.807) is 19.0 Å². The third-order valence-electron chi connectivity index (χ3n) is 5.26. The van der Waals surface area contributed by atoms with Gasteiger partial charge in [-0.15, -0.1) is 0 Å². The highest BCUT2D eigenvalue weighted by atomic mass is 16.5. The minimum atomic E-state index is 0.0151. The molecule has 2 heterocycles. The molecule has 6 nitrogen and oxygen atoms in total. The molecule has 1 saturated carbocycles. The van der Waals surface area contributed by atoms with E-state index >= 15 is 0 Å². The van der Waals surface area contributed by atoms with Crippen LogP contribution >= 0.6 is 0 Å². The molecule has 3 rings (SSSR count). The van der Waals surface area contributed by atoms with Gasteiger partial charge in [0.1, 0.15) is 6.61 Å². The van der Waals surface area contributed by atoms with Crippen molar-refractivity contribution in [3.05, 3.63) is 18.0 Å². The molecule has 0 saturated heterocycles. The lowest BCUT2D eigenvalue weighted by atomic mass is 10.1. The molecular formula is C18H30N4O2. The van der Waals surface area contributed by atoms with Crippen molar-refractivity contribution >= 4 is 5.91 Å². The summed E-state index contributed by atoms with van der Waals surface area (Å²) in [7, 11) is 3.51. The van der Waals surface area contributed by atoms with Crippen LogP contribution in [0.5, 0.6) is 0 Å². The van der Waals surface area contributed by atoms with Crippen LogP contribution in [0.15, 0.2) is 12.3 Å². The smallest absolute Gasteiger partial charge is 0.248 e. The first-order valence-corrected chi connectivity index (χ1v) is 9.16. The fourth-order valence-electron chi connectivity index (χ4n) is 3.88. The summed E-state index contributed by atoms with van der Waals surface area (Å²) in [6, 6.07) is 2.48. The lowest BCUT2D eigenvalue weighted by Gasteiger charge is -2.35. The second-order valence-corrected chi connectivity index (χ2v) is 7.39. The molecule has 1 fully saturated rings. The Labute approximate surface area is 144 Å². The lowest BCUT2D eigenvalue weighted by Crippen LogP contribution is -2.40. The van der Waals surface area contributed by atoms with E-state index < -0.39 is 0 Å². The largest absolute Gasteiger partial charge is 0.372 e. The molecule has 0 bridgehead atoms. The van der Waals surface area contributed by atoms with E-state index in [9.17, 15) is 4.79 Å². The molecule has 2 aliphatic rings. The van der Waals surface area contributed by atoms with E-state index in [0.29, 0.717) is 12.6 Å². The van der Waals surface area contributed by atoms with Crippen molar-refractivity contribution < 1.29 is 9.53 Å². The molecule has 0 unspecified atom stereocenters. The van der Waals surface area contributed by atoms with Gasteiger partial charge in [0.15, 0.2) is 0 Å². The minimum Gasteiger partial charge on any atom is -0.372 e. The van der Waals surface area contributed by atoms with Gasteiger partial charge in [0.05, 0.1) is 11.7 Å². The van der Waals surface area contributed by atoms with Crippen LogP contribution in [0, 0.1) is 5.92 Å². The maximum atomic E-state index is 11.6. The molecule has 1 aliphatic heterocycles. The van der Waals surface area contributed by atoms with Gasteiger partial charge in [-0.1, -0.05) is 12.8 Å². The van der Waals surface area contributed by atoms with Gasteiger partial charge in [-0.2, -0.15) is 5.10 Å². The molecular weight excluding hydrogens is 304 g/mol. The fourth-order valence-corrected chi connectivity index (χ4v) is 3.88. The molecule has 1 amide bonds. The van der Waals surface area contributed by atoms with Crippen LogP contribution < -0.4 is 0 Å². The molecule has 1 aromatic heterocycles. The van der Waals surface area contributed by atoms with E-state index in [4.69, 9.17) is 4.74 Å². The number of aromatic nitrogens is 2. The first kappa shape index (κ1) is 17.4. The van der Waals surface area contributed by atoms with Gasteiger partial charge in [0.2, 0.25) is 5.91 Å². The predicted molar refractivity (Wildman–Crippen MR) is 92.6 cm³/mol. The second kappa shape index (κ2) is 8.12. The maximum absolute atomic E-state index is 11.6. The average molecular weight is 334 g/mol. The zero-order valence-corrected chi connectivity index (χ0v) is 15.0. The third-order valence-corrected chi connectivity index (χ3v) is 5.26. The Bertz CT molecular complexity index is 537. The first-order chi connectivity index (χ1) is 11.6. The highest BCUT2D eigenvalue weighted by Crippen LogP contribution is 2.29. The Morgan fingerprint density at radius 2 is 2.17 bits per heavy atom. The Hall–Kier alpha value is -1.40. The molecule has 1 atom stereocenters. The van der Waals surface area contributed by atoms with Crippen LogP contribution in [0.3, 0.4) is 0 Å². The number of ether oxygens (including phenoxy) is 1. The Balaban J connectivity index is 1.51. The number of hydrogen-bond donors (Lipinski definition) is 0. The molecule has 24 heavy (non-hydrogen) atoms. The van der Waals surface area contributed by atoms with Crippen LogP contribution in [-0.4, -0.2) is 65.9 Å². The summed E-state index contributed by atoms with van der Waals surface area (Å²) >= 11 is 0. The van der Waals surface area contributed by atoms with Gasteiger partial charge in [-0.25, -0.2) is 0 Å². The zero-order valence-electron chi connectivity index (χ0n) is 15.0. The third kappa shape index (κ3) is 4.36. The maximum Gasteiger partial charge on any atom is 0.248 e. The Kier molecular flexibility index (Phi) is 5.89. The average Bonchev–Trinajstić information content (AvgIpc) is 3.22. The summed E-state index contributed by atoms with van der Waals surface area (Å²) in [6.07, 6.45) is 8.36. The Morgan fingerprint density at radius 3 is 2.92 bits per heavy atom. The van der Waals surface area contributed by atoms with Crippen LogP contribution in [0.25, 0.3) is 0 Å². The molecule has 0 aromatic carbocycles. The zero-order chi connectivity index (χ0) is 16.9. The summed E-state index contributed by atoms with van der Waals surface area (Å²) in [5, 5.41) is 4.51. The second-order valence-electron chi connectivity index (χ2n) is 7.39. The number of likely N-dealkylation sites (N-methyl/N-ethyl adjacent to an activating group) is 1. The molecule has 0 spiro atoms. The van der Waals surface area contributed by atoms with Crippen LogP contribution in [0.1, 0.15) is 43.8 Å². The van der Waals surface area contributed by atoms with Crippen molar-refractivity contribution in [2.45, 2.75) is 44.7 Å². The van der Waals surface area contributed by atoms with Gasteiger partial charge < -0.3 is 9.64 Å². The van der Waals surface area contributed by atoms with Gasteiger partial charge in [0.25, 0.3) is 0 Å². The van der Waals surface area contributed by atoms with E-state index in [1.807, 2.05) is 6.20 Å². The van der Waals surface area contributed by atoms with Crippen LogP contribution in [0.4, 0.5) is 0 Å². The molecule has 1 aromatic rings. The number of rotatable bonds is 7. The number of carbonyl (C=O) groups excluding carboxylic acids is 1. The minimum absolute atomic E-state index is 0.0151. The fraction of sp³-hybridized carbons (Fsp3) is 0.778. The number of fused-ring (bicyclic) bond motifs is 1. The molecule has 0 radical (unpaired) electrons. The van der Waals surface area contributed by atoms with Crippen LogP contribution in [-0.2, 0) is 16.1 Å². The molecule has 134 valence electrons. The Morgan fingerprint density at radius 1 is 1.38 bits per heavy atom. The number of hydrogen-bond acceptors (Lipinski definition) is 4. The van der Waals surface area contributed by atoms with Gasteiger partial charge in [0, 0.05) is 46.5 Å². The summed E-state index contributed by atoms with van der Waals surface area (Å²) in [4.78, 5) is 15.7. The number of nitrogens with zero attached hydrogens (tertiary/aromatic N) is 4. The van der Waals surface area contributed by atoms with Crippen molar-refractivity contribution in [3.63, 3.8) is 0 Å². The van der Waals surface area contributed by atoms with E-state index in [1.165, 1.54) is 37.9 Å². The van der Waals surface area contributed by atoms with Crippen LogP contribution in [0.2, 0.25) is 0 Å². The van der Waals surface area contributed by atoms with E-state index in [0.717, 1.165) is 25.4 Å². The highest BCUT2D eigenvalue weighted by molar-refractivity contribution is 5.76. The number of amides is 1. The molecule has 6 heteroatoms. The van der Waals surface area contributed by atoms with Crippen molar-refractivity contribution in [1.82, 2.24) is 19.6 Å². The molecule has 1 aliphatic carbocycles. The van der Waals surface area contributed by atoms with Gasteiger partial charge in [-0.05, 0) is 31.2 Å². The van der Waals surface area contributed by atoms with Crippen molar-refractivity contribution in [1.29, 1.82) is 0 Å². The van der Waals surface area contributed by atoms with Crippen molar-refractivity contribution in [3.8, 4) is 0 Å². The quantitative estimate of drug-likeness (QED) is 0.715. The highest BCUT2D eigenvalue weighted by Gasteiger charge is 2.27. The molecule has 0 N–H and O–H groups in total. The van der Waals surface area contributed by atoms with Gasteiger partial charge in [-0.3, -0.25) is 14.4 Å². The topological polar surface area (TPSA) is 50.6 Å². The summed E-state index contributed by atoms with van der Waals surface area (Å²) < 4.78 is 7.72. The summed E-state index contributed by atoms with van der Waals surface area (Å²) in [5.41, 5.74) is 1.30. The number of carbonyl (C=O) groups is 1. The van der Waals surface area contributed by atoms with Crippen molar-refractivity contribution in [2.24, 2.45) is 5.92 Å². The van der Waals surface area contributed by atoms with E-state index in [-0.39, 0.29) is 12.5 Å². The summed E-state index contributed by atoms with van der Waals surface area (Å²) in [5.74, 6) is 0.885. The summed E-state index contributed by atoms with van der Waals surface area (Å²) in [6.45, 7) is 4.02. The first-order valence-electron chi connectivity index (χ1n) is 9.16. The van der Waals surface area contributed by atoms with Crippen molar-refractivity contribution in [2.75, 3.05) is 40.4 Å². The monoisotopic (exact) mass is 334 g/mol. The SMILES string of the molecule is CN(C)C(=O)COCC[C@H]1CN(CC2CCCC2)Cc2ccnn21. The predicted octanol–water partition coefficient (Wildman–Crippen LogP) is 1.92.